The van der Waals surface area contributed by atoms with E-state index in [2.05, 4.69) is 4.98 Å². The van der Waals surface area contributed by atoms with Crippen LogP contribution in [-0.4, -0.2) is 15.9 Å². The number of carbonyl (C=O) groups excluding carboxylic acids is 1. The minimum absolute atomic E-state index is 0.0125. The van der Waals surface area contributed by atoms with E-state index in [1.54, 1.807) is 0 Å². The summed E-state index contributed by atoms with van der Waals surface area (Å²) >= 11 is 1.33. The van der Waals surface area contributed by atoms with Crippen LogP contribution < -0.4 is 0 Å². The maximum atomic E-state index is 11.8. The van der Waals surface area contributed by atoms with Crippen molar-refractivity contribution in [1.29, 1.82) is 0 Å². The lowest BCUT2D eigenvalue weighted by atomic mass is 9.82. The van der Waals surface area contributed by atoms with E-state index in [9.17, 15) is 4.79 Å². The smallest absolute Gasteiger partial charge is 0.194 e. The molecule has 0 saturated heterocycles. The first kappa shape index (κ1) is 9.80. The van der Waals surface area contributed by atoms with E-state index in [-0.39, 0.29) is 18.3 Å². The number of Topliss-reactive ketones (excluding diaryl/α,β-unsaturated/α-hetero) is 1. The first-order valence-corrected chi connectivity index (χ1v) is 5.65. The molecule has 1 aromatic heterocycles. The van der Waals surface area contributed by atoms with E-state index < -0.39 is 0 Å². The highest BCUT2D eigenvalue weighted by Crippen LogP contribution is 2.31. The Morgan fingerprint density at radius 2 is 2.36 bits per heavy atom. The van der Waals surface area contributed by atoms with E-state index in [1.807, 2.05) is 6.92 Å². The zero-order valence-corrected chi connectivity index (χ0v) is 8.93. The van der Waals surface area contributed by atoms with Gasteiger partial charge in [-0.05, 0) is 19.8 Å². The van der Waals surface area contributed by atoms with Crippen LogP contribution in [0.5, 0.6) is 0 Å². The van der Waals surface area contributed by atoms with Crippen molar-refractivity contribution in [3.8, 4) is 0 Å². The summed E-state index contributed by atoms with van der Waals surface area (Å²) in [5, 5.41) is 9.56. The zero-order valence-electron chi connectivity index (χ0n) is 8.12. The molecule has 0 unspecified atom stereocenters. The Bertz CT molecular complexity index is 355. The predicted molar refractivity (Wildman–Crippen MR) is 54.4 cm³/mol. The van der Waals surface area contributed by atoms with Gasteiger partial charge in [-0.25, -0.2) is 4.98 Å². The minimum Gasteiger partial charge on any atom is -0.391 e. The molecule has 76 valence electrons. The predicted octanol–water partition coefficient (Wildman–Crippen LogP) is 1.93. The van der Waals surface area contributed by atoms with Crippen molar-refractivity contribution in [3.63, 3.8) is 0 Å². The molecule has 1 aliphatic carbocycles. The maximum absolute atomic E-state index is 11.8. The van der Waals surface area contributed by atoms with Crippen LogP contribution in [0.2, 0.25) is 0 Å². The Morgan fingerprint density at radius 1 is 1.64 bits per heavy atom. The summed E-state index contributed by atoms with van der Waals surface area (Å²) in [4.78, 5) is 16.8. The fourth-order valence-electron chi connectivity index (χ4n) is 1.53. The molecule has 0 atom stereocenters. The second kappa shape index (κ2) is 3.79. The number of nitrogens with zero attached hydrogens (tertiary/aromatic N) is 1. The Labute approximate surface area is 86.8 Å². The van der Waals surface area contributed by atoms with Crippen molar-refractivity contribution >= 4 is 17.1 Å². The topological polar surface area (TPSA) is 50.2 Å². The Kier molecular flexibility index (Phi) is 2.65. The monoisotopic (exact) mass is 211 g/mol. The van der Waals surface area contributed by atoms with Gasteiger partial charge in [0.25, 0.3) is 0 Å². The summed E-state index contributed by atoms with van der Waals surface area (Å²) in [7, 11) is 0. The fourth-order valence-corrected chi connectivity index (χ4v) is 2.47. The van der Waals surface area contributed by atoms with Crippen molar-refractivity contribution < 1.29 is 9.90 Å². The third kappa shape index (κ3) is 1.60. The van der Waals surface area contributed by atoms with Crippen LogP contribution in [0.15, 0.2) is 0 Å². The SMILES string of the molecule is Cc1nc(C(=O)C2CCC2)sc1CO. The van der Waals surface area contributed by atoms with Crippen LogP contribution in [0.1, 0.15) is 39.6 Å². The molecule has 0 bridgehead atoms. The molecule has 0 aromatic carbocycles. The normalized spacial score (nSPS) is 16.7. The summed E-state index contributed by atoms with van der Waals surface area (Å²) in [6.07, 6.45) is 3.17. The second-order valence-electron chi connectivity index (χ2n) is 3.68. The number of aromatic nitrogens is 1. The van der Waals surface area contributed by atoms with E-state index in [1.165, 1.54) is 11.3 Å². The summed E-state index contributed by atoms with van der Waals surface area (Å²) in [5.41, 5.74) is 0.792. The lowest BCUT2D eigenvalue weighted by Crippen LogP contribution is -2.21. The Morgan fingerprint density at radius 3 is 2.79 bits per heavy atom. The van der Waals surface area contributed by atoms with Crippen LogP contribution >= 0.6 is 11.3 Å². The Balaban J connectivity index is 2.18. The number of rotatable bonds is 3. The standard InChI is InChI=1S/C10H13NO2S/c1-6-8(5-12)14-10(11-6)9(13)7-3-2-4-7/h7,12H,2-5H2,1H3. The number of ketones is 1. The second-order valence-corrected chi connectivity index (χ2v) is 4.76. The van der Waals surface area contributed by atoms with Crippen LogP contribution in [-0.2, 0) is 6.61 Å². The molecular formula is C10H13NO2S. The summed E-state index contributed by atoms with van der Waals surface area (Å²) in [5.74, 6) is 0.371. The number of aryl methyl sites for hydroxylation is 1. The van der Waals surface area contributed by atoms with Gasteiger partial charge in [0.05, 0.1) is 17.2 Å². The molecule has 14 heavy (non-hydrogen) atoms. The van der Waals surface area contributed by atoms with Crippen LogP contribution in [0.4, 0.5) is 0 Å². The highest BCUT2D eigenvalue weighted by molar-refractivity contribution is 7.13. The lowest BCUT2D eigenvalue weighted by Gasteiger charge is -2.22. The van der Waals surface area contributed by atoms with Gasteiger partial charge in [0.2, 0.25) is 0 Å². The van der Waals surface area contributed by atoms with Gasteiger partial charge in [0.1, 0.15) is 0 Å². The minimum atomic E-state index is -0.0125. The molecular weight excluding hydrogens is 198 g/mol. The number of carbonyl (C=O) groups is 1. The van der Waals surface area contributed by atoms with Gasteiger partial charge in [0, 0.05) is 5.92 Å². The van der Waals surface area contributed by atoms with Crippen LogP contribution in [0.3, 0.4) is 0 Å². The highest BCUT2D eigenvalue weighted by Gasteiger charge is 2.28. The average molecular weight is 211 g/mol. The molecule has 0 spiro atoms. The largest absolute Gasteiger partial charge is 0.391 e. The molecule has 1 N–H and O–H groups in total. The molecule has 0 radical (unpaired) electrons. The number of thiazole rings is 1. The molecule has 0 amide bonds. The van der Waals surface area contributed by atoms with E-state index in [0.717, 1.165) is 29.8 Å². The van der Waals surface area contributed by atoms with Gasteiger partial charge >= 0.3 is 0 Å². The van der Waals surface area contributed by atoms with Gasteiger partial charge in [-0.1, -0.05) is 6.42 Å². The highest BCUT2D eigenvalue weighted by atomic mass is 32.1. The maximum Gasteiger partial charge on any atom is 0.194 e. The number of hydrogen-bond donors (Lipinski definition) is 1. The molecule has 1 heterocycles. The molecule has 0 aliphatic heterocycles. The van der Waals surface area contributed by atoms with Crippen molar-refractivity contribution in [3.05, 3.63) is 15.6 Å². The molecule has 4 heteroatoms. The molecule has 3 nitrogen and oxygen atoms in total. The van der Waals surface area contributed by atoms with Crippen molar-refractivity contribution in [1.82, 2.24) is 4.98 Å². The van der Waals surface area contributed by atoms with Crippen molar-refractivity contribution in [2.45, 2.75) is 32.8 Å². The zero-order chi connectivity index (χ0) is 10.1. The van der Waals surface area contributed by atoms with E-state index in [0.29, 0.717) is 5.01 Å². The van der Waals surface area contributed by atoms with Crippen molar-refractivity contribution in [2.75, 3.05) is 0 Å². The summed E-state index contributed by atoms with van der Waals surface area (Å²) in [6.45, 7) is 1.82. The van der Waals surface area contributed by atoms with Gasteiger partial charge < -0.3 is 5.11 Å². The first-order valence-electron chi connectivity index (χ1n) is 4.83. The quantitative estimate of drug-likeness (QED) is 0.777. The van der Waals surface area contributed by atoms with Crippen molar-refractivity contribution in [2.24, 2.45) is 5.92 Å². The third-order valence-electron chi connectivity index (χ3n) is 2.72. The Hall–Kier alpha value is -0.740. The van der Waals surface area contributed by atoms with Gasteiger partial charge in [-0.3, -0.25) is 4.79 Å². The van der Waals surface area contributed by atoms with Crippen LogP contribution in [0.25, 0.3) is 0 Å². The average Bonchev–Trinajstić information content (AvgIpc) is 2.43. The van der Waals surface area contributed by atoms with Gasteiger partial charge in [-0.15, -0.1) is 11.3 Å². The first-order chi connectivity index (χ1) is 6.72. The lowest BCUT2D eigenvalue weighted by molar-refractivity contribution is 0.0854. The van der Waals surface area contributed by atoms with Gasteiger partial charge in [-0.2, -0.15) is 0 Å². The summed E-state index contributed by atoms with van der Waals surface area (Å²) in [6, 6.07) is 0. The molecule has 1 aliphatic rings. The third-order valence-corrected chi connectivity index (χ3v) is 3.88. The number of hydrogen-bond acceptors (Lipinski definition) is 4. The molecule has 1 fully saturated rings. The molecule has 1 aromatic rings. The molecule has 2 rings (SSSR count). The fraction of sp³-hybridized carbons (Fsp3) is 0.600. The van der Waals surface area contributed by atoms with E-state index in [4.69, 9.17) is 5.11 Å². The van der Waals surface area contributed by atoms with Crippen LogP contribution in [0, 0.1) is 12.8 Å². The van der Waals surface area contributed by atoms with Gasteiger partial charge in [0.15, 0.2) is 10.8 Å². The number of aliphatic hydroxyl groups excluding tert-OH is 1. The molecule has 1 saturated carbocycles. The number of aliphatic hydroxyl groups is 1. The van der Waals surface area contributed by atoms with E-state index >= 15 is 0 Å². The summed E-state index contributed by atoms with van der Waals surface area (Å²) < 4.78 is 0.